The third kappa shape index (κ3) is 1.54. The Morgan fingerprint density at radius 1 is 1.33 bits per heavy atom. The Kier molecular flexibility index (Phi) is 2.39. The van der Waals surface area contributed by atoms with Crippen molar-refractivity contribution < 1.29 is 18.0 Å². The van der Waals surface area contributed by atoms with E-state index in [1.54, 1.807) is 6.07 Å². The van der Waals surface area contributed by atoms with Crippen molar-refractivity contribution >= 4 is 35.3 Å². The predicted octanol–water partition coefficient (Wildman–Crippen LogP) is 3.75. The van der Waals surface area contributed by atoms with Crippen LogP contribution in [-0.2, 0) is 11.0 Å². The number of rotatable bonds is 1. The summed E-state index contributed by atoms with van der Waals surface area (Å²) in [4.78, 5) is 12.4. The third-order valence-corrected chi connectivity index (χ3v) is 5.71. The van der Waals surface area contributed by atoms with Crippen LogP contribution >= 0.6 is 23.7 Å². The van der Waals surface area contributed by atoms with Gasteiger partial charge in [0.25, 0.3) is 4.71 Å². The minimum Gasteiger partial charge on any atom is -0.223 e. The summed E-state index contributed by atoms with van der Waals surface area (Å²) in [5, 5.41) is 0. The monoisotopic (exact) mass is 290 g/mol. The average molecular weight is 290 g/mol. The normalized spacial score (nSPS) is 30.5. The number of amides is 1. The number of hydrogen-bond donors (Lipinski definition) is 0. The molecular formula is C11H7F3NOS2+. The van der Waals surface area contributed by atoms with E-state index in [-0.39, 0.29) is 14.5 Å². The van der Waals surface area contributed by atoms with Crippen LogP contribution in [0.15, 0.2) is 35.7 Å². The van der Waals surface area contributed by atoms with Crippen LogP contribution in [0.25, 0.3) is 0 Å². The molecule has 0 bridgehead atoms. The molecule has 1 amide bonds. The van der Waals surface area contributed by atoms with E-state index in [1.807, 2.05) is 0 Å². The molecule has 0 aliphatic carbocycles. The van der Waals surface area contributed by atoms with Crippen molar-refractivity contribution in [3.8, 4) is 0 Å². The Labute approximate surface area is 110 Å². The lowest BCUT2D eigenvalue weighted by molar-refractivity contribution is -0.137. The molecule has 3 rings (SSSR count). The Balaban J connectivity index is 2.05. The smallest absolute Gasteiger partial charge is 0.223 e. The van der Waals surface area contributed by atoms with Gasteiger partial charge in [0.2, 0.25) is 0 Å². The number of carbonyl (C=O) groups is 1. The summed E-state index contributed by atoms with van der Waals surface area (Å²) in [5.41, 5.74) is -0.356. The van der Waals surface area contributed by atoms with Gasteiger partial charge in [-0.2, -0.15) is 13.2 Å². The van der Waals surface area contributed by atoms with Crippen molar-refractivity contribution in [2.75, 3.05) is 0 Å². The van der Waals surface area contributed by atoms with E-state index in [0.717, 1.165) is 12.1 Å². The van der Waals surface area contributed by atoms with Gasteiger partial charge >= 0.3 is 12.1 Å². The number of carbonyl (C=O) groups excluding carboxylic acids is 1. The van der Waals surface area contributed by atoms with Crippen molar-refractivity contribution in [2.24, 2.45) is 0 Å². The van der Waals surface area contributed by atoms with Crippen molar-refractivity contribution in [3.63, 3.8) is 0 Å². The summed E-state index contributed by atoms with van der Waals surface area (Å²) in [6.45, 7) is 3.62. The van der Waals surface area contributed by atoms with E-state index in [0.29, 0.717) is 10.6 Å². The van der Waals surface area contributed by atoms with E-state index in [1.165, 1.54) is 29.8 Å². The molecule has 94 valence electrons. The lowest BCUT2D eigenvalue weighted by atomic mass is 10.2. The number of fused-ring (bicyclic) bond motifs is 1. The fourth-order valence-corrected chi connectivity index (χ4v) is 4.76. The lowest BCUT2D eigenvalue weighted by Gasteiger charge is -2.11. The van der Waals surface area contributed by atoms with E-state index in [4.69, 9.17) is 0 Å². The minimum atomic E-state index is -4.39. The maximum absolute atomic E-state index is 12.6. The standard InChI is InChI=1S/C11H7F3NOS2/c1-6-9(16)15(10(17-6)18-15)8-4-2-3-7(5-8)11(12,13)14/h2-5,10H,1H2/q+1. The zero-order valence-corrected chi connectivity index (χ0v) is 10.5. The molecule has 0 aromatic heterocycles. The van der Waals surface area contributed by atoms with Gasteiger partial charge in [-0.3, -0.25) is 0 Å². The van der Waals surface area contributed by atoms with Gasteiger partial charge in [-0.1, -0.05) is 12.6 Å². The highest BCUT2D eigenvalue weighted by atomic mass is 32.2. The quantitative estimate of drug-likeness (QED) is 0.339. The molecule has 1 aromatic carbocycles. The summed E-state index contributed by atoms with van der Waals surface area (Å²) < 4.78 is 37.8. The number of quaternary nitrogens is 1. The first-order valence-corrected chi connectivity index (χ1v) is 6.73. The van der Waals surface area contributed by atoms with Gasteiger partial charge in [0.05, 0.1) is 5.56 Å². The third-order valence-electron chi connectivity index (χ3n) is 2.85. The lowest BCUT2D eigenvalue weighted by Crippen LogP contribution is -2.30. The fraction of sp³-hybridized carbons (Fsp3) is 0.182. The summed E-state index contributed by atoms with van der Waals surface area (Å²) in [6, 6.07) is 4.94. The molecule has 2 aliphatic rings. The summed E-state index contributed by atoms with van der Waals surface area (Å²) >= 11 is 2.65. The second kappa shape index (κ2) is 3.55. The fourth-order valence-electron chi connectivity index (χ4n) is 1.90. The van der Waals surface area contributed by atoms with Crippen LogP contribution in [0.2, 0.25) is 0 Å². The number of benzene rings is 1. The molecule has 0 radical (unpaired) electrons. The summed E-state index contributed by atoms with van der Waals surface area (Å²) in [7, 11) is 0. The highest BCUT2D eigenvalue weighted by Gasteiger charge is 2.73. The van der Waals surface area contributed by atoms with Gasteiger partial charge < -0.3 is 0 Å². The van der Waals surface area contributed by atoms with E-state index >= 15 is 0 Å². The molecule has 2 atom stereocenters. The Morgan fingerprint density at radius 3 is 2.61 bits per heavy atom. The summed E-state index contributed by atoms with van der Waals surface area (Å²) in [6.07, 6.45) is -4.39. The van der Waals surface area contributed by atoms with Crippen molar-refractivity contribution in [3.05, 3.63) is 41.3 Å². The molecule has 2 fully saturated rings. The van der Waals surface area contributed by atoms with Gasteiger partial charge in [-0.25, -0.2) is 4.79 Å². The highest BCUT2D eigenvalue weighted by molar-refractivity contribution is 8.26. The van der Waals surface area contributed by atoms with Gasteiger partial charge in [0.15, 0.2) is 17.6 Å². The van der Waals surface area contributed by atoms with Gasteiger partial charge in [-0.05, 0) is 17.8 Å². The van der Waals surface area contributed by atoms with E-state index in [2.05, 4.69) is 6.58 Å². The molecular weight excluding hydrogens is 283 g/mol. The van der Waals surface area contributed by atoms with Crippen molar-refractivity contribution in [1.29, 1.82) is 0 Å². The van der Waals surface area contributed by atoms with Crippen LogP contribution in [-0.4, -0.2) is 10.6 Å². The van der Waals surface area contributed by atoms with Crippen LogP contribution in [0.5, 0.6) is 0 Å². The first-order chi connectivity index (χ1) is 8.35. The number of hydrogen-bond acceptors (Lipinski definition) is 3. The number of halogens is 3. The topological polar surface area (TPSA) is 17.1 Å². The molecule has 2 heterocycles. The largest absolute Gasteiger partial charge is 0.416 e. The molecule has 0 N–H and O–H groups in total. The van der Waals surface area contributed by atoms with Gasteiger partial charge in [0.1, 0.15) is 4.91 Å². The maximum atomic E-state index is 12.6. The Hall–Kier alpha value is -0.920. The first-order valence-electron chi connectivity index (χ1n) is 5.01. The van der Waals surface area contributed by atoms with Crippen LogP contribution in [0.4, 0.5) is 18.9 Å². The maximum Gasteiger partial charge on any atom is 0.416 e. The molecule has 2 saturated heterocycles. The summed E-state index contributed by atoms with van der Waals surface area (Å²) in [5.74, 6) is -0.214. The Morgan fingerprint density at radius 2 is 2.06 bits per heavy atom. The van der Waals surface area contributed by atoms with Crippen LogP contribution in [0.1, 0.15) is 5.56 Å². The van der Waals surface area contributed by atoms with E-state index < -0.39 is 11.7 Å². The number of nitrogens with zero attached hydrogens (tertiary/aromatic N) is 1. The number of alkyl halides is 3. The molecule has 0 saturated carbocycles. The van der Waals surface area contributed by atoms with Gasteiger partial charge in [-0.15, -0.1) is 3.89 Å². The molecule has 2 unspecified atom stereocenters. The highest BCUT2D eigenvalue weighted by Crippen LogP contribution is 2.67. The predicted molar refractivity (Wildman–Crippen MR) is 66.4 cm³/mol. The zero-order chi connectivity index (χ0) is 13.1. The van der Waals surface area contributed by atoms with Gasteiger partial charge in [0, 0.05) is 12.1 Å². The SMILES string of the molecule is C=C1SC2S[N+]2(c2cccc(C(F)(F)F)c2)C1=O. The Bertz CT molecular complexity index is 572. The second-order valence-electron chi connectivity index (χ2n) is 3.96. The second-order valence-corrected chi connectivity index (χ2v) is 6.67. The van der Waals surface area contributed by atoms with Crippen molar-refractivity contribution in [1.82, 2.24) is 3.89 Å². The molecule has 1 aromatic rings. The molecule has 0 spiro atoms. The number of thioether (sulfide) groups is 1. The van der Waals surface area contributed by atoms with Crippen LogP contribution in [0, 0.1) is 0 Å². The molecule has 2 nitrogen and oxygen atoms in total. The first kappa shape index (κ1) is 12.1. The van der Waals surface area contributed by atoms with Crippen molar-refractivity contribution in [2.45, 2.75) is 10.9 Å². The zero-order valence-electron chi connectivity index (χ0n) is 8.90. The molecule has 7 heteroatoms. The average Bonchev–Trinajstić information content (AvgIpc) is 2.96. The van der Waals surface area contributed by atoms with Crippen LogP contribution < -0.4 is 3.89 Å². The minimum absolute atomic E-state index is 0.0755. The van der Waals surface area contributed by atoms with Crippen LogP contribution in [0.3, 0.4) is 0 Å². The van der Waals surface area contributed by atoms with E-state index in [9.17, 15) is 18.0 Å². The molecule has 2 aliphatic heterocycles. The molecule has 18 heavy (non-hydrogen) atoms.